The van der Waals surface area contributed by atoms with Crippen LogP contribution < -0.4 is 5.32 Å². The number of likely N-dealkylation sites (tertiary alicyclic amines) is 1. The van der Waals surface area contributed by atoms with Gasteiger partial charge in [-0.1, -0.05) is 48.5 Å². The predicted octanol–water partition coefficient (Wildman–Crippen LogP) is 3.11. The number of nitrogens with one attached hydrogen (secondary N) is 1. The van der Waals surface area contributed by atoms with Gasteiger partial charge in [-0.3, -0.25) is 9.59 Å². The minimum Gasteiger partial charge on any atom is -0.481 e. The number of hydrogen-bond donors (Lipinski definition) is 2. The Balaban J connectivity index is 1.10. The van der Waals surface area contributed by atoms with E-state index in [1.165, 1.54) is 18.2 Å². The Morgan fingerprint density at radius 1 is 1.06 bits per heavy atom. The Morgan fingerprint density at radius 3 is 2.34 bits per heavy atom. The number of hydrogen-bond acceptors (Lipinski definition) is 5. The summed E-state index contributed by atoms with van der Waals surface area (Å²) in [6, 6.07) is 16.3. The van der Waals surface area contributed by atoms with Gasteiger partial charge in [0.15, 0.2) is 0 Å². The maximum absolute atomic E-state index is 12.7. The van der Waals surface area contributed by atoms with E-state index in [4.69, 9.17) is 9.47 Å². The lowest BCUT2D eigenvalue weighted by Gasteiger charge is -2.28. The van der Waals surface area contributed by atoms with Gasteiger partial charge in [-0.05, 0) is 40.5 Å². The van der Waals surface area contributed by atoms with Crippen LogP contribution in [0.2, 0.25) is 0 Å². The molecule has 0 aromatic heterocycles. The zero-order valence-corrected chi connectivity index (χ0v) is 19.7. The van der Waals surface area contributed by atoms with Crippen molar-refractivity contribution in [1.29, 1.82) is 0 Å². The molecular formula is C27H30N2O6. The van der Waals surface area contributed by atoms with Crippen LogP contribution in [0.5, 0.6) is 0 Å². The van der Waals surface area contributed by atoms with Crippen LogP contribution in [0.15, 0.2) is 48.5 Å². The number of aliphatic carboxylic acids is 1. The number of ether oxygens (including phenoxy) is 2. The fourth-order valence-electron chi connectivity index (χ4n) is 5.74. The van der Waals surface area contributed by atoms with Crippen molar-refractivity contribution in [1.82, 2.24) is 10.2 Å². The Bertz CT molecular complexity index is 1090. The van der Waals surface area contributed by atoms with Gasteiger partial charge in [0.05, 0.1) is 18.4 Å². The number of nitrogens with zero attached hydrogens (tertiary/aromatic N) is 1. The summed E-state index contributed by atoms with van der Waals surface area (Å²) in [7, 11) is 1.50. The molecule has 3 aliphatic rings. The fourth-order valence-corrected chi connectivity index (χ4v) is 5.74. The van der Waals surface area contributed by atoms with E-state index in [9.17, 15) is 19.5 Å². The minimum atomic E-state index is -0.767. The zero-order chi connectivity index (χ0) is 24.5. The van der Waals surface area contributed by atoms with Crippen LogP contribution in [0.25, 0.3) is 11.1 Å². The molecule has 2 amide bonds. The fraction of sp³-hybridized carbons (Fsp3) is 0.444. The van der Waals surface area contributed by atoms with E-state index >= 15 is 0 Å². The second-order valence-corrected chi connectivity index (χ2v) is 9.59. The topological polar surface area (TPSA) is 105 Å². The van der Waals surface area contributed by atoms with Gasteiger partial charge in [0.25, 0.3) is 0 Å². The molecule has 2 aromatic carbocycles. The first kappa shape index (κ1) is 23.4. The molecule has 1 aliphatic heterocycles. The molecule has 5 rings (SSSR count). The van der Waals surface area contributed by atoms with Crippen molar-refractivity contribution < 1.29 is 29.0 Å². The summed E-state index contributed by atoms with van der Waals surface area (Å²) in [6.45, 7) is 1.42. The smallest absolute Gasteiger partial charge is 0.407 e. The third-order valence-corrected chi connectivity index (χ3v) is 7.69. The number of rotatable bonds is 8. The lowest BCUT2D eigenvalue weighted by molar-refractivity contribution is -0.139. The van der Waals surface area contributed by atoms with Crippen LogP contribution >= 0.6 is 0 Å². The number of carboxylic acids is 1. The number of carboxylic acid groups (broad SMARTS) is 1. The van der Waals surface area contributed by atoms with Crippen molar-refractivity contribution in [2.24, 2.45) is 17.8 Å². The van der Waals surface area contributed by atoms with Crippen LogP contribution in [0.1, 0.15) is 29.9 Å². The van der Waals surface area contributed by atoms with E-state index in [0.29, 0.717) is 13.1 Å². The van der Waals surface area contributed by atoms with Crippen LogP contribution in [0.3, 0.4) is 0 Å². The number of carbonyl (C=O) groups excluding carboxylic acids is 2. The number of piperidine rings is 1. The van der Waals surface area contributed by atoms with Crippen molar-refractivity contribution >= 4 is 18.0 Å². The van der Waals surface area contributed by atoms with Crippen molar-refractivity contribution in [3.63, 3.8) is 0 Å². The maximum Gasteiger partial charge on any atom is 0.407 e. The quantitative estimate of drug-likeness (QED) is 0.604. The number of fused-ring (bicyclic) bond motifs is 4. The normalized spacial score (nSPS) is 23.0. The third kappa shape index (κ3) is 4.62. The first-order chi connectivity index (χ1) is 17.0. The lowest BCUT2D eigenvalue weighted by atomic mass is 9.98. The molecule has 1 saturated carbocycles. The van der Waals surface area contributed by atoms with E-state index in [2.05, 4.69) is 29.6 Å². The molecule has 8 nitrogen and oxygen atoms in total. The van der Waals surface area contributed by atoms with E-state index in [1.807, 2.05) is 24.3 Å². The van der Waals surface area contributed by atoms with Crippen molar-refractivity contribution in [2.75, 3.05) is 33.4 Å². The minimum absolute atomic E-state index is 0.0204. The van der Waals surface area contributed by atoms with Gasteiger partial charge in [-0.25, -0.2) is 4.79 Å². The number of benzene rings is 2. The van der Waals surface area contributed by atoms with Gasteiger partial charge in [0, 0.05) is 32.7 Å². The molecule has 0 radical (unpaired) electrons. The molecule has 0 spiro atoms. The van der Waals surface area contributed by atoms with Gasteiger partial charge >= 0.3 is 12.1 Å². The van der Waals surface area contributed by atoms with Crippen LogP contribution in [0.4, 0.5) is 4.79 Å². The summed E-state index contributed by atoms with van der Waals surface area (Å²) in [6.07, 6.45) is -0.196. The first-order valence-corrected chi connectivity index (χ1v) is 12.1. The number of carbonyl (C=O) groups is 3. The van der Waals surface area contributed by atoms with Crippen LogP contribution in [-0.4, -0.2) is 67.4 Å². The predicted molar refractivity (Wildman–Crippen MR) is 128 cm³/mol. The summed E-state index contributed by atoms with van der Waals surface area (Å²) in [5.74, 6) is -0.929. The Kier molecular flexibility index (Phi) is 6.47. The summed E-state index contributed by atoms with van der Waals surface area (Å²) in [5.41, 5.74) is 4.62. The van der Waals surface area contributed by atoms with Gasteiger partial charge < -0.3 is 24.8 Å². The van der Waals surface area contributed by atoms with Crippen LogP contribution in [0, 0.1) is 17.8 Å². The van der Waals surface area contributed by atoms with Gasteiger partial charge in [0.1, 0.15) is 6.61 Å². The highest BCUT2D eigenvalue weighted by Gasteiger charge is 2.57. The molecule has 4 atom stereocenters. The summed E-state index contributed by atoms with van der Waals surface area (Å²) in [4.78, 5) is 38.2. The molecule has 2 N–H and O–H groups in total. The van der Waals surface area contributed by atoms with Crippen LogP contribution in [-0.2, 0) is 19.1 Å². The average molecular weight is 479 g/mol. The Hall–Kier alpha value is -3.39. The van der Waals surface area contributed by atoms with E-state index in [0.717, 1.165) is 17.5 Å². The first-order valence-electron chi connectivity index (χ1n) is 12.1. The monoisotopic (exact) mass is 478 g/mol. The third-order valence-electron chi connectivity index (χ3n) is 7.69. The molecule has 2 aliphatic carbocycles. The highest BCUT2D eigenvalue weighted by molar-refractivity contribution is 5.80. The van der Waals surface area contributed by atoms with Gasteiger partial charge in [0.2, 0.25) is 5.91 Å². The Labute approximate surface area is 204 Å². The molecule has 35 heavy (non-hydrogen) atoms. The number of alkyl carbamates (subject to hydrolysis) is 1. The second kappa shape index (κ2) is 9.70. The number of methoxy groups -OCH3 is 1. The molecule has 184 valence electrons. The second-order valence-electron chi connectivity index (χ2n) is 9.59. The average Bonchev–Trinajstić information content (AvgIpc) is 3.52. The molecule has 2 unspecified atom stereocenters. The largest absolute Gasteiger partial charge is 0.481 e. The Morgan fingerprint density at radius 2 is 1.71 bits per heavy atom. The molecule has 8 heteroatoms. The molecule has 2 fully saturated rings. The molecule has 0 bridgehead atoms. The summed E-state index contributed by atoms with van der Waals surface area (Å²) < 4.78 is 11.0. The summed E-state index contributed by atoms with van der Waals surface area (Å²) in [5, 5.41) is 12.0. The standard InChI is InChI=1S/C27H30N2O6/c1-34-16(12-24(30)29-11-10-21-22(14-29)25(21)26(31)32)13-28-27(33)35-15-23-19-8-4-2-6-17(19)18-7-3-5-9-20(18)23/h2-9,16,21-23,25H,10-15H2,1H3,(H,28,33)(H,31,32)/t16?,21-,22+,25?/m1/s1. The molecule has 1 saturated heterocycles. The highest BCUT2D eigenvalue weighted by Crippen LogP contribution is 2.51. The summed E-state index contributed by atoms with van der Waals surface area (Å²) >= 11 is 0. The lowest BCUT2D eigenvalue weighted by Crippen LogP contribution is -2.41. The zero-order valence-electron chi connectivity index (χ0n) is 19.7. The van der Waals surface area contributed by atoms with Gasteiger partial charge in [-0.15, -0.1) is 0 Å². The molecule has 2 aromatic rings. The van der Waals surface area contributed by atoms with Crippen molar-refractivity contribution in [3.05, 3.63) is 59.7 Å². The van der Waals surface area contributed by atoms with Crippen molar-refractivity contribution in [2.45, 2.75) is 24.9 Å². The van der Waals surface area contributed by atoms with E-state index in [1.54, 1.807) is 4.90 Å². The van der Waals surface area contributed by atoms with E-state index < -0.39 is 18.2 Å². The highest BCUT2D eigenvalue weighted by atomic mass is 16.5. The van der Waals surface area contributed by atoms with E-state index in [-0.39, 0.29) is 49.2 Å². The maximum atomic E-state index is 12.7. The van der Waals surface area contributed by atoms with Crippen molar-refractivity contribution in [3.8, 4) is 11.1 Å². The molecule has 1 heterocycles. The molecular weight excluding hydrogens is 448 g/mol. The number of amides is 2. The SMILES string of the molecule is COC(CNC(=O)OCC1c2ccccc2-c2ccccc21)CC(=O)N1CC[C@H]2C(C(=O)O)[C@H]2C1. The van der Waals surface area contributed by atoms with Gasteiger partial charge in [-0.2, -0.15) is 0 Å².